The summed E-state index contributed by atoms with van der Waals surface area (Å²) >= 11 is 0. The third-order valence-corrected chi connectivity index (χ3v) is 2.63. The van der Waals surface area contributed by atoms with Gasteiger partial charge in [0.15, 0.2) is 0 Å². The zero-order valence-corrected chi connectivity index (χ0v) is 10.1. The van der Waals surface area contributed by atoms with Crippen molar-refractivity contribution >= 4 is 5.95 Å². The quantitative estimate of drug-likeness (QED) is 0.764. The Morgan fingerprint density at radius 3 is 2.44 bits per heavy atom. The lowest BCUT2D eigenvalue weighted by Gasteiger charge is -2.19. The molecule has 1 aromatic heterocycles. The van der Waals surface area contributed by atoms with Crippen molar-refractivity contribution in [3.8, 4) is 0 Å². The van der Waals surface area contributed by atoms with E-state index in [4.69, 9.17) is 5.11 Å². The van der Waals surface area contributed by atoms with Crippen LogP contribution in [-0.2, 0) is 6.42 Å². The lowest BCUT2D eigenvalue weighted by molar-refractivity contribution is 0.298. The van der Waals surface area contributed by atoms with Crippen LogP contribution >= 0.6 is 0 Å². The van der Waals surface area contributed by atoms with Crippen LogP contribution in [0.5, 0.6) is 0 Å². The molecule has 0 radical (unpaired) electrons. The number of aryl methyl sites for hydroxylation is 1. The first-order valence-corrected chi connectivity index (χ1v) is 5.59. The molecule has 5 heteroatoms. The average molecular weight is 225 g/mol. The van der Waals surface area contributed by atoms with Crippen molar-refractivity contribution < 1.29 is 5.11 Å². The summed E-state index contributed by atoms with van der Waals surface area (Å²) in [4.78, 5) is 20.8. The third-order valence-electron chi connectivity index (χ3n) is 2.63. The van der Waals surface area contributed by atoms with Gasteiger partial charge < -0.3 is 10.0 Å². The van der Waals surface area contributed by atoms with Crippen LogP contribution in [0.1, 0.15) is 25.1 Å². The van der Waals surface area contributed by atoms with Gasteiger partial charge in [-0.2, -0.15) is 0 Å². The maximum atomic E-state index is 11.8. The van der Waals surface area contributed by atoms with Gasteiger partial charge in [0, 0.05) is 31.7 Å². The minimum Gasteiger partial charge on any atom is -0.396 e. The lowest BCUT2D eigenvalue weighted by Crippen LogP contribution is -2.29. The van der Waals surface area contributed by atoms with Crippen LogP contribution in [0.2, 0.25) is 0 Å². The summed E-state index contributed by atoms with van der Waals surface area (Å²) in [6.45, 7) is 7.40. The number of H-pyrrole nitrogens is 1. The molecule has 90 valence electrons. The predicted molar refractivity (Wildman–Crippen MR) is 63.9 cm³/mol. The fraction of sp³-hybridized carbons (Fsp3) is 0.636. The van der Waals surface area contributed by atoms with Gasteiger partial charge in [-0.25, -0.2) is 4.98 Å². The first-order valence-electron chi connectivity index (χ1n) is 5.59. The van der Waals surface area contributed by atoms with Crippen LogP contribution in [-0.4, -0.2) is 34.8 Å². The van der Waals surface area contributed by atoms with E-state index in [0.717, 1.165) is 13.1 Å². The van der Waals surface area contributed by atoms with Gasteiger partial charge in [-0.3, -0.25) is 9.78 Å². The maximum absolute atomic E-state index is 11.8. The fourth-order valence-corrected chi connectivity index (χ4v) is 1.67. The minimum atomic E-state index is -0.150. The topological polar surface area (TPSA) is 69.2 Å². The first kappa shape index (κ1) is 12.7. The van der Waals surface area contributed by atoms with E-state index in [0.29, 0.717) is 23.6 Å². The van der Waals surface area contributed by atoms with E-state index in [1.807, 2.05) is 18.7 Å². The molecule has 0 aromatic carbocycles. The molecule has 1 heterocycles. The largest absolute Gasteiger partial charge is 0.396 e. The standard InChI is InChI=1S/C11H19N3O2/c1-4-14(5-2)11-12-8(3)9(6-7-15)10(16)13-11/h15H,4-7H2,1-3H3,(H,12,13,16). The second kappa shape index (κ2) is 5.65. The van der Waals surface area contributed by atoms with Crippen molar-refractivity contribution in [3.05, 3.63) is 21.6 Å². The normalized spacial score (nSPS) is 10.5. The summed E-state index contributed by atoms with van der Waals surface area (Å²) in [7, 11) is 0. The number of aliphatic hydroxyl groups is 1. The molecule has 0 fully saturated rings. The van der Waals surface area contributed by atoms with Gasteiger partial charge in [-0.05, 0) is 20.8 Å². The molecule has 0 aliphatic heterocycles. The highest BCUT2D eigenvalue weighted by Gasteiger charge is 2.10. The van der Waals surface area contributed by atoms with Gasteiger partial charge in [0.1, 0.15) is 0 Å². The fourth-order valence-electron chi connectivity index (χ4n) is 1.67. The van der Waals surface area contributed by atoms with Crippen LogP contribution < -0.4 is 10.5 Å². The van der Waals surface area contributed by atoms with Gasteiger partial charge in [0.25, 0.3) is 5.56 Å². The molecule has 16 heavy (non-hydrogen) atoms. The smallest absolute Gasteiger partial charge is 0.255 e. The highest BCUT2D eigenvalue weighted by atomic mass is 16.3. The summed E-state index contributed by atoms with van der Waals surface area (Å²) in [6, 6.07) is 0. The molecule has 5 nitrogen and oxygen atoms in total. The minimum absolute atomic E-state index is 0.0315. The Morgan fingerprint density at radius 2 is 2.00 bits per heavy atom. The van der Waals surface area contributed by atoms with Gasteiger partial charge in [-0.15, -0.1) is 0 Å². The van der Waals surface area contributed by atoms with E-state index >= 15 is 0 Å². The molecule has 0 amide bonds. The number of anilines is 1. The Kier molecular flexibility index (Phi) is 4.49. The van der Waals surface area contributed by atoms with Crippen molar-refractivity contribution in [3.63, 3.8) is 0 Å². The molecule has 2 N–H and O–H groups in total. The lowest BCUT2D eigenvalue weighted by atomic mass is 10.2. The SMILES string of the molecule is CCN(CC)c1nc(C)c(CCO)c(=O)[nH]1. The van der Waals surface area contributed by atoms with Crippen molar-refractivity contribution in [2.24, 2.45) is 0 Å². The Balaban J connectivity index is 3.13. The number of rotatable bonds is 5. The van der Waals surface area contributed by atoms with Crippen LogP contribution in [0.3, 0.4) is 0 Å². The highest BCUT2D eigenvalue weighted by Crippen LogP contribution is 2.07. The van der Waals surface area contributed by atoms with Gasteiger partial charge in [-0.1, -0.05) is 0 Å². The third kappa shape index (κ3) is 2.61. The molecule has 0 atom stereocenters. The molecule has 1 rings (SSSR count). The van der Waals surface area contributed by atoms with Gasteiger partial charge in [0.05, 0.1) is 5.69 Å². The van der Waals surface area contributed by atoms with E-state index in [1.54, 1.807) is 6.92 Å². The number of aromatic amines is 1. The van der Waals surface area contributed by atoms with Crippen molar-refractivity contribution in [2.75, 3.05) is 24.6 Å². The van der Waals surface area contributed by atoms with Gasteiger partial charge >= 0.3 is 0 Å². The average Bonchev–Trinajstić information content (AvgIpc) is 2.25. The molecule has 0 bridgehead atoms. The van der Waals surface area contributed by atoms with Crippen LogP contribution in [0.25, 0.3) is 0 Å². The van der Waals surface area contributed by atoms with Crippen molar-refractivity contribution in [2.45, 2.75) is 27.2 Å². The zero-order chi connectivity index (χ0) is 12.1. The molecule has 0 saturated carbocycles. The summed E-state index contributed by atoms with van der Waals surface area (Å²) in [6.07, 6.45) is 0.354. The molecule has 0 aliphatic carbocycles. The number of aliphatic hydroxyl groups excluding tert-OH is 1. The Labute approximate surface area is 95.1 Å². The predicted octanol–water partition coefficient (Wildman–Crippen LogP) is 0.459. The molecule has 0 unspecified atom stereocenters. The molecule has 1 aromatic rings. The van der Waals surface area contributed by atoms with Crippen LogP contribution in [0.15, 0.2) is 4.79 Å². The summed E-state index contributed by atoms with van der Waals surface area (Å²) in [5, 5.41) is 8.85. The molecule has 0 saturated heterocycles. The van der Waals surface area contributed by atoms with E-state index < -0.39 is 0 Å². The van der Waals surface area contributed by atoms with Crippen LogP contribution in [0, 0.1) is 6.92 Å². The highest BCUT2D eigenvalue weighted by molar-refractivity contribution is 5.32. The molecule has 0 aliphatic rings. The van der Waals surface area contributed by atoms with Crippen molar-refractivity contribution in [1.29, 1.82) is 0 Å². The summed E-state index contributed by atoms with van der Waals surface area (Å²) < 4.78 is 0. The molecular formula is C11H19N3O2. The summed E-state index contributed by atoms with van der Waals surface area (Å²) in [5.41, 5.74) is 1.11. The number of nitrogens with zero attached hydrogens (tertiary/aromatic N) is 2. The van der Waals surface area contributed by atoms with Gasteiger partial charge in [0.2, 0.25) is 5.95 Å². The summed E-state index contributed by atoms with van der Waals surface area (Å²) in [5.74, 6) is 0.606. The van der Waals surface area contributed by atoms with E-state index in [1.165, 1.54) is 0 Å². The number of nitrogens with one attached hydrogen (secondary N) is 1. The van der Waals surface area contributed by atoms with E-state index in [-0.39, 0.29) is 12.2 Å². The maximum Gasteiger partial charge on any atom is 0.255 e. The van der Waals surface area contributed by atoms with Crippen LogP contribution in [0.4, 0.5) is 5.95 Å². The Bertz CT molecular complexity index is 397. The first-order chi connectivity index (χ1) is 7.63. The number of aromatic nitrogens is 2. The number of hydrogen-bond donors (Lipinski definition) is 2. The molecular weight excluding hydrogens is 206 g/mol. The monoisotopic (exact) mass is 225 g/mol. The Morgan fingerprint density at radius 1 is 1.38 bits per heavy atom. The van der Waals surface area contributed by atoms with E-state index in [2.05, 4.69) is 9.97 Å². The van der Waals surface area contributed by atoms with E-state index in [9.17, 15) is 4.79 Å². The number of hydrogen-bond acceptors (Lipinski definition) is 4. The molecule has 0 spiro atoms. The second-order valence-electron chi connectivity index (χ2n) is 3.60. The Hall–Kier alpha value is -1.36. The van der Waals surface area contributed by atoms with Crippen molar-refractivity contribution in [1.82, 2.24) is 9.97 Å². The zero-order valence-electron chi connectivity index (χ0n) is 10.1. The second-order valence-corrected chi connectivity index (χ2v) is 3.60.